The molecule has 1 aromatic heterocycles. The number of H-pyrrole nitrogens is 1. The van der Waals surface area contributed by atoms with Gasteiger partial charge in [0.25, 0.3) is 0 Å². The van der Waals surface area contributed by atoms with Crippen LogP contribution in [0.2, 0.25) is 0 Å². The van der Waals surface area contributed by atoms with Gasteiger partial charge in [-0.25, -0.2) is 4.98 Å². The maximum atomic E-state index is 12.8. The molecule has 0 aliphatic rings. The molecule has 3 rings (SSSR count). The minimum atomic E-state index is -4.33. The Hall–Kier alpha value is -3.15. The molecule has 1 atom stereocenters. The zero-order chi connectivity index (χ0) is 22.4. The van der Waals surface area contributed by atoms with Gasteiger partial charge in [-0.2, -0.15) is 13.2 Å². The van der Waals surface area contributed by atoms with E-state index in [2.05, 4.69) is 9.97 Å². The van der Waals surface area contributed by atoms with Crippen molar-refractivity contribution in [3.8, 4) is 0 Å². The van der Waals surface area contributed by atoms with Gasteiger partial charge in [-0.15, -0.1) is 0 Å². The molecule has 0 saturated heterocycles. The van der Waals surface area contributed by atoms with E-state index < -0.39 is 11.7 Å². The second-order valence-electron chi connectivity index (χ2n) is 7.95. The van der Waals surface area contributed by atoms with Crippen LogP contribution in [0.3, 0.4) is 0 Å². The standard InChI is InChI=1S/C25H25F3N2O/c1-17(2)23(14-22-15-29-16-30-22)24(31)13-20-7-5-18(6-8-20)3-4-19-9-11-21(12-10-19)25(26,27)28/h3-12,15-17,23H,13-14H2,1-2H3,(H,29,30)/b4-3+. The first kappa shape index (κ1) is 22.5. The van der Waals surface area contributed by atoms with Crippen LogP contribution >= 0.6 is 0 Å². The topological polar surface area (TPSA) is 45.8 Å². The van der Waals surface area contributed by atoms with Gasteiger partial charge in [0, 0.05) is 25.0 Å². The number of imidazole rings is 1. The summed E-state index contributed by atoms with van der Waals surface area (Å²) in [4.78, 5) is 20.0. The molecule has 31 heavy (non-hydrogen) atoms. The highest BCUT2D eigenvalue weighted by molar-refractivity contribution is 5.83. The van der Waals surface area contributed by atoms with Gasteiger partial charge in [-0.05, 0) is 34.7 Å². The monoisotopic (exact) mass is 426 g/mol. The lowest BCUT2D eigenvalue weighted by Crippen LogP contribution is -2.24. The zero-order valence-electron chi connectivity index (χ0n) is 17.5. The Balaban J connectivity index is 1.61. The van der Waals surface area contributed by atoms with Crippen LogP contribution in [0.25, 0.3) is 12.2 Å². The highest BCUT2D eigenvalue weighted by atomic mass is 19.4. The number of benzene rings is 2. The predicted octanol–water partition coefficient (Wildman–Crippen LogP) is 6.23. The summed E-state index contributed by atoms with van der Waals surface area (Å²) in [6.07, 6.45) is 3.68. The fraction of sp³-hybridized carbons (Fsp3) is 0.280. The number of halogens is 3. The molecule has 162 valence electrons. The van der Waals surface area contributed by atoms with Gasteiger partial charge in [0.2, 0.25) is 0 Å². The van der Waals surface area contributed by atoms with Crippen LogP contribution < -0.4 is 0 Å². The maximum Gasteiger partial charge on any atom is 0.416 e. The normalized spacial score (nSPS) is 13.1. The van der Waals surface area contributed by atoms with Crippen molar-refractivity contribution in [2.75, 3.05) is 0 Å². The average Bonchev–Trinajstić information content (AvgIpc) is 3.24. The Morgan fingerprint density at radius 2 is 1.58 bits per heavy atom. The first-order valence-electron chi connectivity index (χ1n) is 10.2. The molecule has 2 aromatic carbocycles. The first-order valence-corrected chi connectivity index (χ1v) is 10.2. The predicted molar refractivity (Wildman–Crippen MR) is 116 cm³/mol. The number of hydrogen-bond donors (Lipinski definition) is 1. The van der Waals surface area contributed by atoms with E-state index in [-0.39, 0.29) is 17.6 Å². The van der Waals surface area contributed by atoms with Crippen LogP contribution in [0.5, 0.6) is 0 Å². The van der Waals surface area contributed by atoms with E-state index in [0.717, 1.165) is 29.0 Å². The van der Waals surface area contributed by atoms with Crippen molar-refractivity contribution < 1.29 is 18.0 Å². The van der Waals surface area contributed by atoms with E-state index in [1.807, 2.05) is 50.4 Å². The van der Waals surface area contributed by atoms with E-state index in [9.17, 15) is 18.0 Å². The molecule has 0 amide bonds. The average molecular weight is 426 g/mol. The number of carbonyl (C=O) groups excluding carboxylic acids is 1. The minimum Gasteiger partial charge on any atom is -0.351 e. The molecule has 0 bridgehead atoms. The Labute approximate surface area is 180 Å². The minimum absolute atomic E-state index is 0.0949. The number of carbonyl (C=O) groups is 1. The smallest absolute Gasteiger partial charge is 0.351 e. The second-order valence-corrected chi connectivity index (χ2v) is 7.95. The van der Waals surface area contributed by atoms with Gasteiger partial charge in [-0.3, -0.25) is 4.79 Å². The number of Topliss-reactive ketones (excluding diaryl/α,β-unsaturated/α-hetero) is 1. The number of ketones is 1. The van der Waals surface area contributed by atoms with Gasteiger partial charge < -0.3 is 4.98 Å². The fourth-order valence-corrected chi connectivity index (χ4v) is 3.40. The van der Waals surface area contributed by atoms with Crippen molar-refractivity contribution in [3.05, 3.63) is 89.0 Å². The van der Waals surface area contributed by atoms with Crippen LogP contribution in [-0.4, -0.2) is 15.8 Å². The van der Waals surface area contributed by atoms with Crippen LogP contribution in [0.4, 0.5) is 13.2 Å². The number of rotatable bonds is 8. The van der Waals surface area contributed by atoms with E-state index in [0.29, 0.717) is 18.4 Å². The largest absolute Gasteiger partial charge is 0.416 e. The highest BCUT2D eigenvalue weighted by Crippen LogP contribution is 2.29. The molecule has 0 spiro atoms. The van der Waals surface area contributed by atoms with Crippen molar-refractivity contribution >= 4 is 17.9 Å². The Bertz CT molecular complexity index is 1000. The summed E-state index contributed by atoms with van der Waals surface area (Å²) in [6.45, 7) is 4.09. The highest BCUT2D eigenvalue weighted by Gasteiger charge is 2.29. The number of hydrogen-bond acceptors (Lipinski definition) is 2. The van der Waals surface area contributed by atoms with Crippen LogP contribution in [-0.2, 0) is 23.8 Å². The van der Waals surface area contributed by atoms with E-state index in [1.165, 1.54) is 12.1 Å². The number of aromatic amines is 1. The third-order valence-electron chi connectivity index (χ3n) is 5.27. The van der Waals surface area contributed by atoms with Gasteiger partial charge in [-0.1, -0.05) is 62.4 Å². The molecular formula is C25H25F3N2O. The van der Waals surface area contributed by atoms with Crippen molar-refractivity contribution in [1.82, 2.24) is 9.97 Å². The number of alkyl halides is 3. The summed E-state index contributed by atoms with van der Waals surface area (Å²) < 4.78 is 37.9. The quantitative estimate of drug-likeness (QED) is 0.434. The van der Waals surface area contributed by atoms with Crippen molar-refractivity contribution in [3.63, 3.8) is 0 Å². The van der Waals surface area contributed by atoms with Gasteiger partial charge in [0.05, 0.1) is 17.6 Å². The fourth-order valence-electron chi connectivity index (χ4n) is 3.40. The molecule has 1 unspecified atom stereocenters. The third-order valence-corrected chi connectivity index (χ3v) is 5.27. The Kier molecular flexibility index (Phi) is 7.10. The summed E-state index contributed by atoms with van der Waals surface area (Å²) in [7, 11) is 0. The molecule has 0 aliphatic carbocycles. The molecule has 3 aromatic rings. The van der Waals surface area contributed by atoms with Crippen molar-refractivity contribution in [1.29, 1.82) is 0 Å². The summed E-state index contributed by atoms with van der Waals surface area (Å²) in [5.74, 6) is 0.309. The third kappa shape index (κ3) is 6.41. The Morgan fingerprint density at radius 3 is 2.06 bits per heavy atom. The molecule has 3 nitrogen and oxygen atoms in total. The SMILES string of the molecule is CC(C)C(Cc1c[nH]cn1)C(=O)Cc1ccc(/C=C/c2ccc(C(F)(F)F)cc2)cc1. The second kappa shape index (κ2) is 9.77. The molecule has 6 heteroatoms. The molecule has 0 radical (unpaired) electrons. The summed E-state index contributed by atoms with van der Waals surface area (Å²) >= 11 is 0. The van der Waals surface area contributed by atoms with E-state index >= 15 is 0 Å². The Morgan fingerprint density at radius 1 is 1.00 bits per heavy atom. The summed E-state index contributed by atoms with van der Waals surface area (Å²) in [6, 6.07) is 12.7. The summed E-state index contributed by atoms with van der Waals surface area (Å²) in [5.41, 5.74) is 2.75. The lowest BCUT2D eigenvalue weighted by atomic mass is 9.85. The zero-order valence-corrected chi connectivity index (χ0v) is 17.5. The van der Waals surface area contributed by atoms with Gasteiger partial charge in [0.15, 0.2) is 0 Å². The van der Waals surface area contributed by atoms with Crippen LogP contribution in [0, 0.1) is 11.8 Å². The van der Waals surface area contributed by atoms with E-state index in [1.54, 1.807) is 12.4 Å². The van der Waals surface area contributed by atoms with Crippen molar-refractivity contribution in [2.24, 2.45) is 11.8 Å². The van der Waals surface area contributed by atoms with Crippen molar-refractivity contribution in [2.45, 2.75) is 32.9 Å². The number of nitrogens with zero attached hydrogens (tertiary/aromatic N) is 1. The van der Waals surface area contributed by atoms with Gasteiger partial charge >= 0.3 is 6.18 Å². The molecule has 1 heterocycles. The van der Waals surface area contributed by atoms with Gasteiger partial charge in [0.1, 0.15) is 5.78 Å². The van der Waals surface area contributed by atoms with Crippen LogP contribution in [0.1, 0.15) is 41.8 Å². The molecule has 1 N–H and O–H groups in total. The number of nitrogens with one attached hydrogen (secondary N) is 1. The lowest BCUT2D eigenvalue weighted by Gasteiger charge is -2.18. The lowest BCUT2D eigenvalue weighted by molar-refractivity contribution is -0.137. The molecular weight excluding hydrogens is 401 g/mol. The number of aromatic nitrogens is 2. The summed E-state index contributed by atoms with van der Waals surface area (Å²) in [5, 5.41) is 0. The molecule has 0 aliphatic heterocycles. The molecule has 0 fully saturated rings. The first-order chi connectivity index (χ1) is 14.7. The maximum absolute atomic E-state index is 12.8. The van der Waals surface area contributed by atoms with Crippen LogP contribution in [0.15, 0.2) is 61.1 Å². The van der Waals surface area contributed by atoms with E-state index in [4.69, 9.17) is 0 Å². The molecule has 0 saturated carbocycles.